The Labute approximate surface area is 159 Å². The SMILES string of the molecule is CC[C@H](C)c1ccc(S(=O)(=O)NNC(=O)c2cn(C)c3ccccc23)cc1. The molecule has 142 valence electrons. The van der Waals surface area contributed by atoms with E-state index < -0.39 is 15.9 Å². The van der Waals surface area contributed by atoms with E-state index in [1.165, 1.54) is 0 Å². The molecule has 1 aromatic heterocycles. The second-order valence-electron chi connectivity index (χ2n) is 6.61. The predicted molar refractivity (Wildman–Crippen MR) is 106 cm³/mol. The summed E-state index contributed by atoms with van der Waals surface area (Å²) in [6, 6.07) is 14.1. The van der Waals surface area contributed by atoms with Gasteiger partial charge < -0.3 is 4.57 Å². The third-order valence-electron chi connectivity index (χ3n) is 4.81. The van der Waals surface area contributed by atoms with Crippen molar-refractivity contribution in [3.63, 3.8) is 0 Å². The Balaban J connectivity index is 1.75. The number of carbonyl (C=O) groups is 1. The highest BCUT2D eigenvalue weighted by atomic mass is 32.2. The second kappa shape index (κ2) is 7.54. The number of sulfonamides is 1. The van der Waals surface area contributed by atoms with Gasteiger partial charge in [0.05, 0.1) is 10.5 Å². The molecule has 0 unspecified atom stereocenters. The number of rotatable bonds is 6. The molecule has 0 saturated carbocycles. The number of carbonyl (C=O) groups excluding carboxylic acids is 1. The van der Waals surface area contributed by atoms with Gasteiger partial charge in [-0.2, -0.15) is 0 Å². The molecule has 1 amide bonds. The van der Waals surface area contributed by atoms with Gasteiger partial charge in [0.1, 0.15) is 0 Å². The molecule has 0 aliphatic heterocycles. The first-order valence-corrected chi connectivity index (χ1v) is 10.3. The van der Waals surface area contributed by atoms with E-state index in [0.29, 0.717) is 11.5 Å². The summed E-state index contributed by atoms with van der Waals surface area (Å²) in [5.74, 6) is -0.146. The molecule has 7 heteroatoms. The third-order valence-corrected chi connectivity index (χ3v) is 6.08. The van der Waals surface area contributed by atoms with Gasteiger partial charge in [0.25, 0.3) is 15.9 Å². The number of aromatic nitrogens is 1. The van der Waals surface area contributed by atoms with Crippen LogP contribution in [0.3, 0.4) is 0 Å². The van der Waals surface area contributed by atoms with Crippen LogP contribution in [0.4, 0.5) is 0 Å². The highest BCUT2D eigenvalue weighted by Gasteiger charge is 2.18. The summed E-state index contributed by atoms with van der Waals surface area (Å²) >= 11 is 0. The Kier molecular flexibility index (Phi) is 5.34. The number of hydrogen-bond acceptors (Lipinski definition) is 3. The minimum Gasteiger partial charge on any atom is -0.350 e. The number of para-hydroxylation sites is 1. The van der Waals surface area contributed by atoms with Crippen LogP contribution in [0.25, 0.3) is 10.9 Å². The summed E-state index contributed by atoms with van der Waals surface area (Å²) in [7, 11) is -2.01. The van der Waals surface area contributed by atoms with Gasteiger partial charge in [0, 0.05) is 24.1 Å². The van der Waals surface area contributed by atoms with Crippen molar-refractivity contribution in [1.29, 1.82) is 0 Å². The van der Waals surface area contributed by atoms with Crippen molar-refractivity contribution in [2.75, 3.05) is 0 Å². The normalized spacial score (nSPS) is 12.9. The van der Waals surface area contributed by atoms with Gasteiger partial charge in [-0.15, -0.1) is 4.83 Å². The molecule has 3 aromatic rings. The van der Waals surface area contributed by atoms with Crippen LogP contribution in [0.2, 0.25) is 0 Å². The fraction of sp³-hybridized carbons (Fsp3) is 0.250. The smallest absolute Gasteiger partial charge is 0.268 e. The number of hydrazine groups is 1. The molecule has 3 rings (SSSR count). The zero-order valence-corrected chi connectivity index (χ0v) is 16.4. The van der Waals surface area contributed by atoms with Crippen LogP contribution in [-0.4, -0.2) is 18.9 Å². The van der Waals surface area contributed by atoms with Gasteiger partial charge in [-0.05, 0) is 36.1 Å². The van der Waals surface area contributed by atoms with Crippen molar-refractivity contribution in [3.05, 3.63) is 65.9 Å². The van der Waals surface area contributed by atoms with E-state index in [1.54, 1.807) is 30.5 Å². The average molecular weight is 385 g/mol. The van der Waals surface area contributed by atoms with E-state index >= 15 is 0 Å². The summed E-state index contributed by atoms with van der Waals surface area (Å²) in [5.41, 5.74) is 4.68. The third kappa shape index (κ3) is 3.89. The molecule has 27 heavy (non-hydrogen) atoms. The fourth-order valence-electron chi connectivity index (χ4n) is 2.97. The number of benzene rings is 2. The quantitative estimate of drug-likeness (QED) is 0.639. The lowest BCUT2D eigenvalue weighted by atomic mass is 9.99. The Morgan fingerprint density at radius 3 is 2.44 bits per heavy atom. The molecular weight excluding hydrogens is 362 g/mol. The topological polar surface area (TPSA) is 80.2 Å². The van der Waals surface area contributed by atoms with Crippen molar-refractivity contribution in [1.82, 2.24) is 14.8 Å². The van der Waals surface area contributed by atoms with Gasteiger partial charge in [-0.3, -0.25) is 10.2 Å². The molecule has 2 N–H and O–H groups in total. The van der Waals surface area contributed by atoms with E-state index in [9.17, 15) is 13.2 Å². The van der Waals surface area contributed by atoms with Crippen LogP contribution in [0, 0.1) is 0 Å². The molecular formula is C20H23N3O3S. The highest BCUT2D eigenvalue weighted by Crippen LogP contribution is 2.21. The first kappa shape index (κ1) is 19.1. The lowest BCUT2D eigenvalue weighted by molar-refractivity contribution is 0.0946. The minimum absolute atomic E-state index is 0.104. The number of hydrogen-bond donors (Lipinski definition) is 2. The molecule has 0 spiro atoms. The largest absolute Gasteiger partial charge is 0.350 e. The lowest BCUT2D eigenvalue weighted by Crippen LogP contribution is -2.41. The Morgan fingerprint density at radius 2 is 1.78 bits per heavy atom. The Bertz CT molecular complexity index is 1070. The maximum atomic E-state index is 12.5. The van der Waals surface area contributed by atoms with Crippen LogP contribution in [0.5, 0.6) is 0 Å². The molecule has 0 bridgehead atoms. The van der Waals surface area contributed by atoms with Crippen molar-refractivity contribution in [3.8, 4) is 0 Å². The first-order chi connectivity index (χ1) is 12.8. The zero-order chi connectivity index (χ0) is 19.6. The maximum Gasteiger partial charge on any atom is 0.268 e. The summed E-state index contributed by atoms with van der Waals surface area (Å²) in [4.78, 5) is 14.8. The number of fused-ring (bicyclic) bond motifs is 1. The Morgan fingerprint density at radius 1 is 1.11 bits per heavy atom. The number of nitrogens with one attached hydrogen (secondary N) is 2. The van der Waals surface area contributed by atoms with Crippen LogP contribution in [-0.2, 0) is 17.1 Å². The van der Waals surface area contributed by atoms with Crippen LogP contribution < -0.4 is 10.3 Å². The molecule has 0 saturated heterocycles. The van der Waals surface area contributed by atoms with Crippen molar-refractivity contribution >= 4 is 26.8 Å². The van der Waals surface area contributed by atoms with Crippen LogP contribution in [0.1, 0.15) is 42.1 Å². The van der Waals surface area contributed by atoms with Gasteiger partial charge in [0.15, 0.2) is 0 Å². The molecule has 6 nitrogen and oxygen atoms in total. The first-order valence-electron chi connectivity index (χ1n) is 8.79. The maximum absolute atomic E-state index is 12.5. The summed E-state index contributed by atoms with van der Waals surface area (Å²) in [5, 5.41) is 0.759. The number of aryl methyl sites for hydroxylation is 1. The van der Waals surface area contributed by atoms with Gasteiger partial charge in [0.2, 0.25) is 0 Å². The lowest BCUT2D eigenvalue weighted by Gasteiger charge is -2.11. The molecule has 2 aromatic carbocycles. The fourth-order valence-corrected chi connectivity index (χ4v) is 3.81. The number of nitrogens with zero attached hydrogens (tertiary/aromatic N) is 1. The van der Waals surface area contributed by atoms with E-state index in [-0.39, 0.29) is 4.90 Å². The van der Waals surface area contributed by atoms with Gasteiger partial charge >= 0.3 is 0 Å². The second-order valence-corrected chi connectivity index (χ2v) is 8.29. The summed E-state index contributed by atoms with van der Waals surface area (Å²) in [6.07, 6.45) is 2.65. The van der Waals surface area contributed by atoms with Crippen LogP contribution in [0.15, 0.2) is 59.6 Å². The van der Waals surface area contributed by atoms with Crippen LogP contribution >= 0.6 is 0 Å². The average Bonchev–Trinajstić information content (AvgIpc) is 3.03. The highest BCUT2D eigenvalue weighted by molar-refractivity contribution is 7.89. The molecule has 0 fully saturated rings. The molecule has 0 aliphatic carbocycles. The van der Waals surface area contributed by atoms with Gasteiger partial charge in [-0.1, -0.05) is 44.2 Å². The zero-order valence-electron chi connectivity index (χ0n) is 15.6. The molecule has 0 radical (unpaired) electrons. The van der Waals surface area contributed by atoms with Crippen molar-refractivity contribution in [2.24, 2.45) is 7.05 Å². The number of amides is 1. The Hall–Kier alpha value is -2.64. The monoisotopic (exact) mass is 385 g/mol. The van der Waals surface area contributed by atoms with Crippen molar-refractivity contribution in [2.45, 2.75) is 31.1 Å². The molecule has 1 heterocycles. The molecule has 0 aliphatic rings. The minimum atomic E-state index is -3.85. The predicted octanol–water partition coefficient (Wildman–Crippen LogP) is 3.32. The van der Waals surface area contributed by atoms with Crippen molar-refractivity contribution < 1.29 is 13.2 Å². The van der Waals surface area contributed by atoms with E-state index in [2.05, 4.69) is 24.1 Å². The summed E-state index contributed by atoms with van der Waals surface area (Å²) in [6.45, 7) is 4.17. The van der Waals surface area contributed by atoms with E-state index in [4.69, 9.17) is 0 Å². The van der Waals surface area contributed by atoms with Gasteiger partial charge in [-0.25, -0.2) is 8.42 Å². The molecule has 1 atom stereocenters. The van der Waals surface area contributed by atoms with E-state index in [0.717, 1.165) is 22.9 Å². The standard InChI is InChI=1S/C20H23N3O3S/c1-4-14(2)15-9-11-16(12-10-15)27(25,26)22-21-20(24)18-13-23(3)19-8-6-5-7-17(18)19/h5-14,22H,4H2,1-3H3,(H,21,24)/t14-/m0/s1. The van der Waals surface area contributed by atoms with E-state index in [1.807, 2.05) is 35.9 Å². The summed E-state index contributed by atoms with van der Waals surface area (Å²) < 4.78 is 26.7.